The summed E-state index contributed by atoms with van der Waals surface area (Å²) in [5, 5.41) is 8.93. The molecular weight excluding hydrogens is 186 g/mol. The molecule has 0 aliphatic heterocycles. The molecule has 80 valence electrons. The summed E-state index contributed by atoms with van der Waals surface area (Å²) < 4.78 is 11.0. The van der Waals surface area contributed by atoms with Crippen LogP contribution >= 0.6 is 0 Å². The maximum atomic E-state index is 8.93. The lowest BCUT2D eigenvalue weighted by atomic mass is 10.4. The maximum Gasteiger partial charge on any atom is 0.335 e. The second-order valence-corrected chi connectivity index (χ2v) is 7.02. The van der Waals surface area contributed by atoms with Gasteiger partial charge >= 0.3 is 8.56 Å². The van der Waals surface area contributed by atoms with Crippen LogP contribution in [0.25, 0.3) is 0 Å². The first-order valence-electron chi connectivity index (χ1n) is 4.56. The van der Waals surface area contributed by atoms with Gasteiger partial charge in [0.2, 0.25) is 0 Å². The van der Waals surface area contributed by atoms with E-state index >= 15 is 0 Å². The van der Waals surface area contributed by atoms with E-state index in [0.29, 0.717) is 6.42 Å². The molecule has 5 heteroatoms. The van der Waals surface area contributed by atoms with Gasteiger partial charge in [0, 0.05) is 13.2 Å². The van der Waals surface area contributed by atoms with Crippen LogP contribution in [0.4, 0.5) is 0 Å². The van der Waals surface area contributed by atoms with Gasteiger partial charge in [-0.3, -0.25) is 0 Å². The van der Waals surface area contributed by atoms with Crippen LogP contribution < -0.4 is 5.73 Å². The fourth-order valence-electron chi connectivity index (χ4n) is 1.12. The van der Waals surface area contributed by atoms with E-state index < -0.39 is 14.8 Å². The molecule has 2 atom stereocenters. The molecule has 0 spiro atoms. The highest BCUT2D eigenvalue weighted by Gasteiger charge is 2.31. The zero-order chi connectivity index (χ0) is 10.5. The number of nitrogens with two attached hydrogens (primary N) is 1. The first kappa shape index (κ1) is 13.1. The molecule has 0 amide bonds. The molecule has 0 saturated heterocycles. The Labute approximate surface area is 81.3 Å². The third kappa shape index (κ3) is 6.17. The molecule has 2 unspecified atom stereocenters. The monoisotopic (exact) mass is 207 g/mol. The fraction of sp³-hybridized carbons (Fsp3) is 1.00. The topological polar surface area (TPSA) is 64.7 Å². The van der Waals surface area contributed by atoms with Crippen LogP contribution in [0.3, 0.4) is 0 Å². The highest BCUT2D eigenvalue weighted by atomic mass is 28.4. The van der Waals surface area contributed by atoms with Gasteiger partial charge in [-0.2, -0.15) is 0 Å². The molecular formula is C8H21NO3Si. The van der Waals surface area contributed by atoms with Crippen molar-refractivity contribution < 1.29 is 14.0 Å². The Morgan fingerprint density at radius 1 is 1.46 bits per heavy atom. The Kier molecular flexibility index (Phi) is 5.74. The molecule has 3 N–H and O–H groups in total. The highest BCUT2D eigenvalue weighted by molar-refractivity contribution is 6.66. The van der Waals surface area contributed by atoms with E-state index in [-0.39, 0.29) is 6.10 Å². The Morgan fingerprint density at radius 3 is 2.31 bits per heavy atom. The maximum absolute atomic E-state index is 8.93. The number of aliphatic hydroxyl groups is 1. The quantitative estimate of drug-likeness (QED) is 0.499. The van der Waals surface area contributed by atoms with Crippen molar-refractivity contribution in [1.29, 1.82) is 0 Å². The van der Waals surface area contributed by atoms with Gasteiger partial charge in [0.25, 0.3) is 0 Å². The van der Waals surface area contributed by atoms with E-state index in [2.05, 4.69) is 0 Å². The molecule has 0 aromatic carbocycles. The van der Waals surface area contributed by atoms with Crippen LogP contribution in [0.15, 0.2) is 0 Å². The van der Waals surface area contributed by atoms with Gasteiger partial charge in [-0.25, -0.2) is 0 Å². The van der Waals surface area contributed by atoms with Crippen molar-refractivity contribution in [2.45, 2.75) is 45.2 Å². The molecule has 0 heterocycles. The summed E-state index contributed by atoms with van der Waals surface area (Å²) in [5.41, 5.74) is 5.25. The number of aliphatic hydroxyl groups excluding tert-OH is 1. The van der Waals surface area contributed by atoms with E-state index in [4.69, 9.17) is 19.7 Å². The second kappa shape index (κ2) is 5.72. The third-order valence-corrected chi connectivity index (χ3v) is 4.84. The Morgan fingerprint density at radius 2 is 2.00 bits per heavy atom. The van der Waals surface area contributed by atoms with Crippen LogP contribution in [0.2, 0.25) is 12.6 Å². The van der Waals surface area contributed by atoms with E-state index in [1.807, 2.05) is 20.4 Å². The lowest BCUT2D eigenvalue weighted by Gasteiger charge is -2.27. The smallest absolute Gasteiger partial charge is 0.335 e. The largest absolute Gasteiger partial charge is 0.398 e. The second-order valence-electron chi connectivity index (χ2n) is 3.61. The molecule has 0 saturated carbocycles. The standard InChI is InChI=1S/C8H21NO3Si/c1-7(2)12-13(4,11-3)6-5-8(9)10/h7-8,10H,5-6,9H2,1-4H3. The summed E-state index contributed by atoms with van der Waals surface area (Å²) in [6.45, 7) is 5.93. The zero-order valence-corrected chi connectivity index (χ0v) is 9.91. The van der Waals surface area contributed by atoms with Crippen molar-refractivity contribution in [2.75, 3.05) is 7.11 Å². The van der Waals surface area contributed by atoms with E-state index in [9.17, 15) is 0 Å². The molecule has 0 aliphatic carbocycles. The van der Waals surface area contributed by atoms with Crippen LogP contribution in [0, 0.1) is 0 Å². The van der Waals surface area contributed by atoms with Crippen molar-refractivity contribution in [3.8, 4) is 0 Å². The fourth-order valence-corrected chi connectivity index (χ4v) is 3.35. The molecule has 0 rings (SSSR count). The van der Waals surface area contributed by atoms with Crippen molar-refractivity contribution in [1.82, 2.24) is 0 Å². The van der Waals surface area contributed by atoms with E-state index in [1.165, 1.54) is 0 Å². The van der Waals surface area contributed by atoms with Crippen molar-refractivity contribution in [3.63, 3.8) is 0 Å². The molecule has 0 aromatic heterocycles. The lowest BCUT2D eigenvalue weighted by Crippen LogP contribution is -2.41. The molecule has 13 heavy (non-hydrogen) atoms. The summed E-state index contributed by atoms with van der Waals surface area (Å²) in [6, 6.07) is 0.722. The van der Waals surface area contributed by atoms with Gasteiger partial charge in [-0.1, -0.05) is 0 Å². The van der Waals surface area contributed by atoms with E-state index in [0.717, 1.165) is 6.04 Å². The van der Waals surface area contributed by atoms with Gasteiger partial charge < -0.3 is 19.7 Å². The SMILES string of the molecule is CO[Si](C)(CCC(N)O)OC(C)C. The predicted octanol–water partition coefficient (Wildman–Crippen LogP) is 0.797. The Bertz CT molecular complexity index is 143. The molecule has 0 bridgehead atoms. The van der Waals surface area contributed by atoms with Gasteiger partial charge in [0.1, 0.15) is 6.23 Å². The van der Waals surface area contributed by atoms with Crippen molar-refractivity contribution >= 4 is 8.56 Å². The van der Waals surface area contributed by atoms with Crippen LogP contribution in [0.1, 0.15) is 20.3 Å². The number of rotatable bonds is 6. The van der Waals surface area contributed by atoms with Gasteiger partial charge in [0.05, 0.1) is 0 Å². The highest BCUT2D eigenvalue weighted by Crippen LogP contribution is 2.17. The summed E-state index contributed by atoms with van der Waals surface area (Å²) in [7, 11) is -0.439. The third-order valence-electron chi connectivity index (χ3n) is 1.81. The Balaban J connectivity index is 3.96. The molecule has 0 fully saturated rings. The zero-order valence-electron chi connectivity index (χ0n) is 8.91. The normalized spacial score (nSPS) is 18.7. The average molecular weight is 207 g/mol. The summed E-state index contributed by atoms with van der Waals surface area (Å²) in [4.78, 5) is 0. The van der Waals surface area contributed by atoms with Gasteiger partial charge in [-0.15, -0.1) is 0 Å². The van der Waals surface area contributed by atoms with Gasteiger partial charge in [-0.05, 0) is 32.9 Å². The van der Waals surface area contributed by atoms with Gasteiger partial charge in [0.15, 0.2) is 0 Å². The minimum Gasteiger partial charge on any atom is -0.398 e. The number of hydrogen-bond acceptors (Lipinski definition) is 4. The molecule has 0 aromatic rings. The first-order chi connectivity index (χ1) is 5.89. The van der Waals surface area contributed by atoms with Crippen LogP contribution in [0.5, 0.6) is 0 Å². The number of hydrogen-bond donors (Lipinski definition) is 2. The lowest BCUT2D eigenvalue weighted by molar-refractivity contribution is 0.142. The summed E-state index contributed by atoms with van der Waals surface area (Å²) >= 11 is 0. The Hall–Kier alpha value is 0.0569. The summed E-state index contributed by atoms with van der Waals surface area (Å²) in [6.07, 6.45) is -0.0761. The van der Waals surface area contributed by atoms with Crippen molar-refractivity contribution in [2.24, 2.45) is 5.73 Å². The van der Waals surface area contributed by atoms with Crippen LogP contribution in [-0.2, 0) is 8.85 Å². The van der Waals surface area contributed by atoms with Crippen LogP contribution in [-0.4, -0.2) is 33.1 Å². The minimum atomic E-state index is -2.09. The molecule has 0 aliphatic rings. The van der Waals surface area contributed by atoms with E-state index in [1.54, 1.807) is 7.11 Å². The average Bonchev–Trinajstić information content (AvgIpc) is 2.00. The predicted molar refractivity (Wildman–Crippen MR) is 54.5 cm³/mol. The molecule has 0 radical (unpaired) electrons. The molecule has 4 nitrogen and oxygen atoms in total. The minimum absolute atomic E-state index is 0.159. The van der Waals surface area contributed by atoms with Crippen molar-refractivity contribution in [3.05, 3.63) is 0 Å². The first-order valence-corrected chi connectivity index (χ1v) is 7.08. The summed E-state index contributed by atoms with van der Waals surface area (Å²) in [5.74, 6) is 0.